The number of aromatic nitrogens is 2. The molecule has 0 aliphatic carbocycles. The Labute approximate surface area is 172 Å². The summed E-state index contributed by atoms with van der Waals surface area (Å²) in [7, 11) is 3.47. The van der Waals surface area contributed by atoms with E-state index in [1.165, 1.54) is 0 Å². The Bertz CT molecular complexity index is 613. The summed E-state index contributed by atoms with van der Waals surface area (Å²) in [5.41, 5.74) is 1.02. The van der Waals surface area contributed by atoms with E-state index in [2.05, 4.69) is 36.7 Å². The molecule has 0 spiro atoms. The van der Waals surface area contributed by atoms with Gasteiger partial charge in [0.25, 0.3) is 0 Å². The normalized spacial score (nSPS) is 14.5. The largest absolute Gasteiger partial charge is 0.352 e. The van der Waals surface area contributed by atoms with E-state index in [1.54, 1.807) is 31.4 Å². The molecule has 0 aromatic carbocycles. The number of hydrogen-bond donors (Lipinski definition) is 1. The summed E-state index contributed by atoms with van der Waals surface area (Å²) in [4.78, 5) is 30.8. The molecular weight excluding hydrogens is 445 g/mol. The number of nitrogens with zero attached hydrogens (tertiary/aromatic N) is 6. The molecule has 26 heavy (non-hydrogen) atoms. The van der Waals surface area contributed by atoms with Gasteiger partial charge in [-0.15, -0.1) is 24.0 Å². The maximum atomic E-state index is 11.8. The Hall–Kier alpha value is -1.91. The van der Waals surface area contributed by atoms with Gasteiger partial charge in [-0.2, -0.15) is 0 Å². The number of carbonyl (C=O) groups excluding carboxylic acids is 1. The SMILES string of the molecule is C=C(C)CNC(=NCC(=O)N(C)C)N1CCN(c2ncccn2)CC1.I. The van der Waals surface area contributed by atoms with Crippen molar-refractivity contribution in [3.8, 4) is 0 Å². The summed E-state index contributed by atoms with van der Waals surface area (Å²) < 4.78 is 0. The quantitative estimate of drug-likeness (QED) is 0.296. The van der Waals surface area contributed by atoms with E-state index < -0.39 is 0 Å². The predicted octanol–water partition coefficient (Wildman–Crippen LogP) is 0.827. The fraction of sp³-hybridized carbons (Fsp3) is 0.529. The van der Waals surface area contributed by atoms with E-state index in [1.807, 2.05) is 13.0 Å². The molecule has 1 N–H and O–H groups in total. The molecule has 0 unspecified atom stereocenters. The molecule has 0 atom stereocenters. The van der Waals surface area contributed by atoms with Crippen molar-refractivity contribution in [2.75, 3.05) is 58.3 Å². The van der Waals surface area contributed by atoms with Crippen LogP contribution in [0.2, 0.25) is 0 Å². The van der Waals surface area contributed by atoms with Crippen molar-refractivity contribution in [2.24, 2.45) is 4.99 Å². The highest BCUT2D eigenvalue weighted by molar-refractivity contribution is 14.0. The first kappa shape index (κ1) is 22.1. The van der Waals surface area contributed by atoms with Gasteiger partial charge in [-0.05, 0) is 13.0 Å². The average Bonchev–Trinajstić information content (AvgIpc) is 2.62. The third kappa shape index (κ3) is 6.77. The Balaban J connectivity index is 0.00000338. The second-order valence-electron chi connectivity index (χ2n) is 6.26. The first-order chi connectivity index (χ1) is 12.0. The van der Waals surface area contributed by atoms with E-state index in [-0.39, 0.29) is 36.4 Å². The van der Waals surface area contributed by atoms with Crippen LogP contribution in [0.3, 0.4) is 0 Å². The van der Waals surface area contributed by atoms with Crippen molar-refractivity contribution in [1.29, 1.82) is 0 Å². The zero-order valence-corrected chi connectivity index (χ0v) is 18.0. The van der Waals surface area contributed by atoms with Crippen molar-refractivity contribution in [3.63, 3.8) is 0 Å². The third-order valence-electron chi connectivity index (χ3n) is 3.83. The predicted molar refractivity (Wildman–Crippen MR) is 115 cm³/mol. The van der Waals surface area contributed by atoms with Gasteiger partial charge < -0.3 is 20.0 Å². The number of nitrogens with one attached hydrogen (secondary N) is 1. The molecule has 1 aliphatic rings. The fourth-order valence-electron chi connectivity index (χ4n) is 2.35. The van der Waals surface area contributed by atoms with Gasteiger partial charge in [0.2, 0.25) is 11.9 Å². The van der Waals surface area contributed by atoms with E-state index in [9.17, 15) is 4.79 Å². The average molecular weight is 473 g/mol. The molecule has 0 bridgehead atoms. The molecule has 1 saturated heterocycles. The highest BCUT2D eigenvalue weighted by Crippen LogP contribution is 2.10. The van der Waals surface area contributed by atoms with Crippen LogP contribution >= 0.6 is 24.0 Å². The van der Waals surface area contributed by atoms with Gasteiger partial charge in [0.1, 0.15) is 6.54 Å². The summed E-state index contributed by atoms with van der Waals surface area (Å²) >= 11 is 0. The van der Waals surface area contributed by atoms with E-state index in [0.717, 1.165) is 43.7 Å². The zero-order chi connectivity index (χ0) is 18.2. The standard InChI is InChI=1S/C17H27N7O.HI/c1-14(2)12-20-17(21-13-15(25)22(3)4)24-10-8-23(9-11-24)16-18-6-5-7-19-16;/h5-7H,1,8-13H2,2-4H3,(H,20,21);1H. The molecule has 0 radical (unpaired) electrons. The number of likely N-dealkylation sites (N-methyl/N-ethyl adjacent to an activating group) is 1. The van der Waals surface area contributed by atoms with Crippen LogP contribution in [0.1, 0.15) is 6.92 Å². The van der Waals surface area contributed by atoms with Crippen LogP contribution in [0.5, 0.6) is 0 Å². The Morgan fingerprint density at radius 1 is 1.27 bits per heavy atom. The second-order valence-corrected chi connectivity index (χ2v) is 6.26. The number of halogens is 1. The molecule has 144 valence electrons. The molecule has 2 rings (SSSR count). The van der Waals surface area contributed by atoms with E-state index in [0.29, 0.717) is 6.54 Å². The van der Waals surface area contributed by atoms with Gasteiger partial charge in [0.15, 0.2) is 5.96 Å². The minimum atomic E-state index is -0.0223. The molecule has 1 aromatic rings. The smallest absolute Gasteiger partial charge is 0.243 e. The number of anilines is 1. The van der Waals surface area contributed by atoms with Crippen LogP contribution in [0.4, 0.5) is 5.95 Å². The van der Waals surface area contributed by atoms with Crippen LogP contribution < -0.4 is 10.2 Å². The molecule has 1 amide bonds. The summed E-state index contributed by atoms with van der Waals surface area (Å²) in [6, 6.07) is 1.81. The molecule has 1 aromatic heterocycles. The van der Waals surface area contributed by atoms with Gasteiger partial charge in [-0.25, -0.2) is 15.0 Å². The summed E-state index contributed by atoms with van der Waals surface area (Å²) in [6.45, 7) is 9.82. The van der Waals surface area contributed by atoms with E-state index >= 15 is 0 Å². The number of amides is 1. The van der Waals surface area contributed by atoms with Crippen LogP contribution in [0.15, 0.2) is 35.6 Å². The van der Waals surface area contributed by atoms with Crippen LogP contribution in [0.25, 0.3) is 0 Å². The number of carbonyl (C=O) groups is 1. The molecule has 2 heterocycles. The molecule has 9 heteroatoms. The van der Waals surface area contributed by atoms with Crippen molar-refractivity contribution in [2.45, 2.75) is 6.92 Å². The van der Waals surface area contributed by atoms with Gasteiger partial charge in [0.05, 0.1) is 0 Å². The maximum absolute atomic E-state index is 11.8. The number of hydrogen-bond acceptors (Lipinski definition) is 5. The number of guanidine groups is 1. The number of aliphatic imine (C=N–C) groups is 1. The van der Waals surface area contributed by atoms with Gasteiger partial charge >= 0.3 is 0 Å². The minimum Gasteiger partial charge on any atom is -0.352 e. The Morgan fingerprint density at radius 2 is 1.88 bits per heavy atom. The lowest BCUT2D eigenvalue weighted by Gasteiger charge is -2.36. The van der Waals surface area contributed by atoms with Crippen molar-refractivity contribution in [3.05, 3.63) is 30.6 Å². The lowest BCUT2D eigenvalue weighted by atomic mass is 10.3. The molecule has 1 fully saturated rings. The topological polar surface area (TPSA) is 77.0 Å². The summed E-state index contributed by atoms with van der Waals surface area (Å²) in [6.07, 6.45) is 3.51. The number of piperazine rings is 1. The lowest BCUT2D eigenvalue weighted by molar-refractivity contribution is -0.127. The monoisotopic (exact) mass is 473 g/mol. The zero-order valence-electron chi connectivity index (χ0n) is 15.7. The van der Waals surface area contributed by atoms with Crippen LogP contribution in [-0.2, 0) is 4.79 Å². The van der Waals surface area contributed by atoms with Gasteiger partial charge in [-0.3, -0.25) is 4.79 Å². The van der Waals surface area contributed by atoms with Gasteiger partial charge in [0, 0.05) is 59.2 Å². The highest BCUT2D eigenvalue weighted by atomic mass is 127. The first-order valence-electron chi connectivity index (χ1n) is 8.37. The Kier molecular flexibility index (Phi) is 9.31. The second kappa shape index (κ2) is 10.9. The van der Waals surface area contributed by atoms with Crippen LogP contribution in [-0.4, -0.2) is 85.0 Å². The van der Waals surface area contributed by atoms with Crippen molar-refractivity contribution >= 4 is 41.8 Å². The third-order valence-corrected chi connectivity index (χ3v) is 3.83. The lowest BCUT2D eigenvalue weighted by Crippen LogP contribution is -2.53. The van der Waals surface area contributed by atoms with Gasteiger partial charge in [-0.1, -0.05) is 12.2 Å². The highest BCUT2D eigenvalue weighted by Gasteiger charge is 2.21. The van der Waals surface area contributed by atoms with E-state index in [4.69, 9.17) is 0 Å². The number of rotatable bonds is 5. The minimum absolute atomic E-state index is 0. The van der Waals surface area contributed by atoms with Crippen molar-refractivity contribution < 1.29 is 4.79 Å². The summed E-state index contributed by atoms with van der Waals surface area (Å²) in [5.74, 6) is 1.47. The summed E-state index contributed by atoms with van der Waals surface area (Å²) in [5, 5.41) is 3.29. The molecule has 0 saturated carbocycles. The molecular formula is C17H28IN7O. The maximum Gasteiger partial charge on any atom is 0.243 e. The van der Waals surface area contributed by atoms with Crippen LogP contribution in [0, 0.1) is 0 Å². The Morgan fingerprint density at radius 3 is 2.42 bits per heavy atom. The first-order valence-corrected chi connectivity index (χ1v) is 8.37. The molecule has 8 nitrogen and oxygen atoms in total. The molecule has 1 aliphatic heterocycles. The van der Waals surface area contributed by atoms with Crippen molar-refractivity contribution in [1.82, 2.24) is 25.1 Å². The fourth-order valence-corrected chi connectivity index (χ4v) is 2.35.